The highest BCUT2D eigenvalue weighted by atomic mass is 16.7. The molecule has 0 aliphatic carbocycles. The molecule has 2 nitrogen and oxygen atoms in total. The predicted octanol–water partition coefficient (Wildman–Crippen LogP) is 4.58. The Morgan fingerprint density at radius 3 is 1.67 bits per heavy atom. The van der Waals surface area contributed by atoms with E-state index in [4.69, 9.17) is 9.31 Å². The van der Waals surface area contributed by atoms with E-state index in [1.807, 2.05) is 0 Å². The Kier molecular flexibility index (Phi) is 4.13. The van der Waals surface area contributed by atoms with Crippen molar-refractivity contribution in [3.63, 3.8) is 0 Å². The van der Waals surface area contributed by atoms with Gasteiger partial charge in [0.25, 0.3) is 0 Å². The van der Waals surface area contributed by atoms with E-state index in [0.717, 1.165) is 5.46 Å². The largest absolute Gasteiger partial charge is 0.494 e. The van der Waals surface area contributed by atoms with Gasteiger partial charge >= 0.3 is 7.12 Å². The number of rotatable bonds is 2. The highest BCUT2D eigenvalue weighted by molar-refractivity contribution is 6.62. The fourth-order valence-electron chi connectivity index (χ4n) is 3.42. The zero-order chi connectivity index (χ0) is 17.7. The molecule has 0 N–H and O–H groups in total. The van der Waals surface area contributed by atoms with Crippen LogP contribution < -0.4 is 5.46 Å². The number of hydrogen-bond acceptors (Lipinski definition) is 2. The molecule has 1 saturated heterocycles. The molecule has 3 heteroatoms. The lowest BCUT2D eigenvalue weighted by Crippen LogP contribution is -2.41. The average molecular weight is 322 g/mol. The highest BCUT2D eigenvalue weighted by Gasteiger charge is 2.51. The first kappa shape index (κ1) is 17.3. The van der Waals surface area contributed by atoms with Gasteiger partial charge in [0, 0.05) is 0 Å². The van der Waals surface area contributed by atoms with Crippen LogP contribution in [0.2, 0.25) is 0 Å². The van der Waals surface area contributed by atoms with Gasteiger partial charge in [-0.2, -0.15) is 0 Å². The van der Waals surface area contributed by atoms with Crippen LogP contribution in [0.4, 0.5) is 0 Å². The monoisotopic (exact) mass is 322 g/mol. The van der Waals surface area contributed by atoms with Crippen molar-refractivity contribution >= 4 is 12.6 Å². The van der Waals surface area contributed by atoms with Gasteiger partial charge in [-0.25, -0.2) is 0 Å². The van der Waals surface area contributed by atoms with E-state index in [-0.39, 0.29) is 18.3 Å². The summed E-state index contributed by atoms with van der Waals surface area (Å²) in [5, 5.41) is 0. The van der Waals surface area contributed by atoms with Gasteiger partial charge in [-0.05, 0) is 76.2 Å². The molecule has 0 spiro atoms. The number of aryl methyl sites for hydroxylation is 3. The Morgan fingerprint density at radius 1 is 0.750 bits per heavy atom. The molecule has 1 fully saturated rings. The van der Waals surface area contributed by atoms with Crippen LogP contribution in [-0.4, -0.2) is 18.3 Å². The Labute approximate surface area is 146 Å². The highest BCUT2D eigenvalue weighted by Crippen LogP contribution is 2.36. The second-order valence-electron chi connectivity index (χ2n) is 7.98. The van der Waals surface area contributed by atoms with Crippen LogP contribution in [0.5, 0.6) is 0 Å². The van der Waals surface area contributed by atoms with Gasteiger partial charge in [0.1, 0.15) is 0 Å². The smallest absolute Gasteiger partial charge is 0.399 e. The number of hydrogen-bond donors (Lipinski definition) is 0. The van der Waals surface area contributed by atoms with Crippen molar-refractivity contribution < 1.29 is 9.31 Å². The van der Waals surface area contributed by atoms with E-state index in [2.05, 4.69) is 84.9 Å². The van der Waals surface area contributed by atoms with Gasteiger partial charge in [0.05, 0.1) is 11.2 Å². The molecular weight excluding hydrogens is 295 g/mol. The molecule has 126 valence electrons. The Bertz CT molecular complexity index is 721. The summed E-state index contributed by atoms with van der Waals surface area (Å²) in [6, 6.07) is 13.1. The quantitative estimate of drug-likeness (QED) is 0.754. The summed E-state index contributed by atoms with van der Waals surface area (Å²) in [5.74, 6) is 0. The second kappa shape index (κ2) is 5.75. The maximum absolute atomic E-state index is 6.14. The molecular formula is C21H27BO2. The van der Waals surface area contributed by atoms with E-state index in [9.17, 15) is 0 Å². The summed E-state index contributed by atoms with van der Waals surface area (Å²) in [5.41, 5.74) is 6.96. The third-order valence-electron chi connectivity index (χ3n) is 5.40. The molecule has 0 bridgehead atoms. The molecule has 0 aromatic heterocycles. The molecule has 2 aromatic rings. The van der Waals surface area contributed by atoms with Crippen LogP contribution in [0.1, 0.15) is 44.4 Å². The first-order valence-electron chi connectivity index (χ1n) is 8.64. The van der Waals surface area contributed by atoms with Gasteiger partial charge in [-0.15, -0.1) is 0 Å². The van der Waals surface area contributed by atoms with Gasteiger partial charge < -0.3 is 9.31 Å². The Hall–Kier alpha value is -1.58. The van der Waals surface area contributed by atoms with Crippen LogP contribution in [0.3, 0.4) is 0 Å². The third-order valence-corrected chi connectivity index (χ3v) is 5.40. The standard InChI is InChI=1S/C21H27BO2/c1-14-12-15(2)19(16(3)13-14)17-8-10-18(11-9-17)22-23-20(4,5)21(6,7)24-22/h8-13H,1-7H3. The van der Waals surface area contributed by atoms with E-state index >= 15 is 0 Å². The van der Waals surface area contributed by atoms with Crippen LogP contribution in [-0.2, 0) is 9.31 Å². The normalized spacial score (nSPS) is 18.9. The van der Waals surface area contributed by atoms with E-state index in [1.54, 1.807) is 0 Å². The van der Waals surface area contributed by atoms with Gasteiger partial charge in [-0.1, -0.05) is 42.0 Å². The summed E-state index contributed by atoms with van der Waals surface area (Å²) in [6.07, 6.45) is 0. The lowest BCUT2D eigenvalue weighted by atomic mass is 9.78. The summed E-state index contributed by atoms with van der Waals surface area (Å²) >= 11 is 0. The van der Waals surface area contributed by atoms with Crippen molar-refractivity contribution in [3.05, 3.63) is 53.1 Å². The summed E-state index contributed by atoms with van der Waals surface area (Å²) in [6.45, 7) is 14.8. The Morgan fingerprint density at radius 2 is 1.21 bits per heavy atom. The summed E-state index contributed by atoms with van der Waals surface area (Å²) in [4.78, 5) is 0. The van der Waals surface area contributed by atoms with Crippen LogP contribution in [0.15, 0.2) is 36.4 Å². The maximum Gasteiger partial charge on any atom is 0.494 e. The van der Waals surface area contributed by atoms with Crippen LogP contribution in [0.25, 0.3) is 11.1 Å². The topological polar surface area (TPSA) is 18.5 Å². The first-order valence-corrected chi connectivity index (χ1v) is 8.64. The van der Waals surface area contributed by atoms with Crippen LogP contribution >= 0.6 is 0 Å². The lowest BCUT2D eigenvalue weighted by molar-refractivity contribution is 0.00578. The van der Waals surface area contributed by atoms with E-state index in [1.165, 1.54) is 27.8 Å². The van der Waals surface area contributed by atoms with Gasteiger partial charge in [-0.3, -0.25) is 0 Å². The van der Waals surface area contributed by atoms with E-state index in [0.29, 0.717) is 0 Å². The van der Waals surface area contributed by atoms with Gasteiger partial charge in [0.2, 0.25) is 0 Å². The van der Waals surface area contributed by atoms with Crippen molar-refractivity contribution in [2.45, 2.75) is 59.7 Å². The molecule has 1 aliphatic rings. The third kappa shape index (κ3) is 2.91. The van der Waals surface area contributed by atoms with Crippen molar-refractivity contribution in [2.75, 3.05) is 0 Å². The van der Waals surface area contributed by atoms with Crippen molar-refractivity contribution in [3.8, 4) is 11.1 Å². The zero-order valence-electron chi connectivity index (χ0n) is 15.9. The molecule has 2 aromatic carbocycles. The second-order valence-corrected chi connectivity index (χ2v) is 7.98. The van der Waals surface area contributed by atoms with Crippen molar-refractivity contribution in [1.82, 2.24) is 0 Å². The fraction of sp³-hybridized carbons (Fsp3) is 0.429. The summed E-state index contributed by atoms with van der Waals surface area (Å²) in [7, 11) is -0.302. The maximum atomic E-state index is 6.14. The average Bonchev–Trinajstić information content (AvgIpc) is 2.67. The fourth-order valence-corrected chi connectivity index (χ4v) is 3.42. The zero-order valence-corrected chi connectivity index (χ0v) is 15.9. The predicted molar refractivity (Wildman–Crippen MR) is 102 cm³/mol. The molecule has 0 amide bonds. The van der Waals surface area contributed by atoms with Crippen molar-refractivity contribution in [2.24, 2.45) is 0 Å². The Balaban J connectivity index is 1.90. The minimum Gasteiger partial charge on any atom is -0.399 e. The molecule has 0 atom stereocenters. The van der Waals surface area contributed by atoms with Gasteiger partial charge in [0.15, 0.2) is 0 Å². The van der Waals surface area contributed by atoms with Crippen LogP contribution in [0, 0.1) is 20.8 Å². The molecule has 0 unspecified atom stereocenters. The molecule has 1 aliphatic heterocycles. The van der Waals surface area contributed by atoms with Crippen molar-refractivity contribution in [1.29, 1.82) is 0 Å². The lowest BCUT2D eigenvalue weighted by Gasteiger charge is -2.32. The molecule has 0 radical (unpaired) electrons. The molecule has 24 heavy (non-hydrogen) atoms. The van der Waals surface area contributed by atoms with E-state index < -0.39 is 0 Å². The summed E-state index contributed by atoms with van der Waals surface area (Å²) < 4.78 is 12.3. The SMILES string of the molecule is Cc1cc(C)c(-c2ccc(B3OC(C)(C)C(C)(C)O3)cc2)c(C)c1. The first-order chi connectivity index (χ1) is 11.1. The number of benzene rings is 2. The molecule has 3 rings (SSSR count). The minimum atomic E-state index is -0.305. The molecule has 1 heterocycles. The molecule has 0 saturated carbocycles. The minimum absolute atomic E-state index is 0.302.